The summed E-state index contributed by atoms with van der Waals surface area (Å²) in [6.45, 7) is 0.964. The van der Waals surface area contributed by atoms with Gasteiger partial charge in [-0.3, -0.25) is 4.31 Å². The Balaban J connectivity index is 1.87. The second-order valence-corrected chi connectivity index (χ2v) is 7.12. The molecule has 0 saturated carbocycles. The lowest BCUT2D eigenvalue weighted by Crippen LogP contribution is -2.44. The molecular weight excluding hydrogens is 284 g/mol. The number of hydrogen-bond acceptors (Lipinski definition) is 2. The number of anilines is 1. The van der Waals surface area contributed by atoms with E-state index in [2.05, 4.69) is 6.07 Å². The molecule has 2 aromatic rings. The highest BCUT2D eigenvalue weighted by Crippen LogP contribution is 2.24. The molecule has 0 radical (unpaired) electrons. The lowest BCUT2D eigenvalue weighted by molar-refractivity contribution is 0.390. The van der Waals surface area contributed by atoms with Crippen LogP contribution in [0.25, 0.3) is 0 Å². The van der Waals surface area contributed by atoms with Crippen LogP contribution in [0, 0.1) is 0 Å². The highest BCUT2D eigenvalue weighted by molar-refractivity contribution is 7.90. The summed E-state index contributed by atoms with van der Waals surface area (Å²) in [5, 5.41) is 0. The quantitative estimate of drug-likeness (QED) is 0.873. The molecule has 0 unspecified atom stereocenters. The summed E-state index contributed by atoms with van der Waals surface area (Å²) in [6, 6.07) is 17.2. The van der Waals surface area contributed by atoms with Gasteiger partial charge in [0, 0.05) is 20.1 Å². The van der Waals surface area contributed by atoms with Crippen LogP contribution in [-0.4, -0.2) is 26.3 Å². The van der Waals surface area contributed by atoms with Crippen molar-refractivity contribution in [2.24, 2.45) is 0 Å². The fraction of sp³-hybridized carbons (Fsp3) is 0.250. The second kappa shape index (κ2) is 5.50. The van der Waals surface area contributed by atoms with Crippen LogP contribution < -0.4 is 4.31 Å². The number of para-hydroxylation sites is 1. The van der Waals surface area contributed by atoms with Crippen molar-refractivity contribution in [1.82, 2.24) is 4.31 Å². The van der Waals surface area contributed by atoms with Crippen LogP contribution in [0.15, 0.2) is 54.6 Å². The second-order valence-electron chi connectivity index (χ2n) is 5.16. The van der Waals surface area contributed by atoms with Gasteiger partial charge in [-0.15, -0.1) is 0 Å². The molecule has 0 bridgehead atoms. The molecule has 110 valence electrons. The minimum Gasteiger partial charge on any atom is -0.261 e. The summed E-state index contributed by atoms with van der Waals surface area (Å²) in [5.41, 5.74) is 3.01. The van der Waals surface area contributed by atoms with E-state index in [1.165, 1.54) is 9.87 Å². The Morgan fingerprint density at radius 1 is 0.952 bits per heavy atom. The minimum atomic E-state index is -3.49. The van der Waals surface area contributed by atoms with Crippen LogP contribution in [-0.2, 0) is 23.2 Å². The number of rotatable bonds is 3. The van der Waals surface area contributed by atoms with Gasteiger partial charge in [0.25, 0.3) is 0 Å². The molecule has 0 saturated heterocycles. The number of fused-ring (bicyclic) bond motifs is 1. The molecule has 1 aliphatic heterocycles. The van der Waals surface area contributed by atoms with Crippen molar-refractivity contribution in [1.29, 1.82) is 0 Å². The molecule has 0 amide bonds. The van der Waals surface area contributed by atoms with E-state index in [9.17, 15) is 8.42 Å². The zero-order chi connectivity index (χ0) is 14.9. The van der Waals surface area contributed by atoms with Gasteiger partial charge in [0.2, 0.25) is 0 Å². The van der Waals surface area contributed by atoms with Crippen LogP contribution in [0.2, 0.25) is 0 Å². The molecule has 0 atom stereocenters. The SMILES string of the molecule is CN(c1ccccc1)S(=O)(=O)N1CCc2ccccc2C1. The molecule has 3 rings (SSSR count). The monoisotopic (exact) mass is 302 g/mol. The van der Waals surface area contributed by atoms with E-state index in [0.29, 0.717) is 18.8 Å². The first kappa shape index (κ1) is 14.1. The van der Waals surface area contributed by atoms with Gasteiger partial charge in [-0.05, 0) is 29.7 Å². The van der Waals surface area contributed by atoms with Crippen molar-refractivity contribution in [3.63, 3.8) is 0 Å². The van der Waals surface area contributed by atoms with E-state index in [-0.39, 0.29) is 0 Å². The van der Waals surface area contributed by atoms with Gasteiger partial charge < -0.3 is 0 Å². The normalized spacial score (nSPS) is 15.5. The largest absolute Gasteiger partial charge is 0.304 e. The molecule has 2 aromatic carbocycles. The highest BCUT2D eigenvalue weighted by Gasteiger charge is 2.30. The lowest BCUT2D eigenvalue weighted by atomic mass is 10.0. The van der Waals surface area contributed by atoms with Crippen LogP contribution in [0.3, 0.4) is 0 Å². The van der Waals surface area contributed by atoms with Gasteiger partial charge in [-0.25, -0.2) is 0 Å². The van der Waals surface area contributed by atoms with Gasteiger partial charge in [-0.2, -0.15) is 12.7 Å². The van der Waals surface area contributed by atoms with Crippen LogP contribution in [0.1, 0.15) is 11.1 Å². The third kappa shape index (κ3) is 2.66. The molecule has 0 aliphatic carbocycles. The van der Waals surface area contributed by atoms with E-state index in [1.54, 1.807) is 23.5 Å². The van der Waals surface area contributed by atoms with Crippen LogP contribution in [0.5, 0.6) is 0 Å². The van der Waals surface area contributed by atoms with E-state index in [0.717, 1.165) is 12.0 Å². The van der Waals surface area contributed by atoms with Crippen molar-refractivity contribution >= 4 is 15.9 Å². The molecule has 0 fully saturated rings. The Bertz CT molecular complexity index is 729. The average molecular weight is 302 g/mol. The van der Waals surface area contributed by atoms with Crippen molar-refractivity contribution in [2.45, 2.75) is 13.0 Å². The molecule has 5 heteroatoms. The molecule has 0 aromatic heterocycles. The lowest BCUT2D eigenvalue weighted by Gasteiger charge is -2.32. The Kier molecular flexibility index (Phi) is 3.69. The molecule has 0 spiro atoms. The number of nitrogens with zero attached hydrogens (tertiary/aromatic N) is 2. The highest BCUT2D eigenvalue weighted by atomic mass is 32.2. The smallest absolute Gasteiger partial charge is 0.261 e. The fourth-order valence-corrected chi connectivity index (χ4v) is 3.97. The number of benzene rings is 2. The predicted molar refractivity (Wildman–Crippen MR) is 84.3 cm³/mol. The number of hydrogen-bond donors (Lipinski definition) is 0. The summed E-state index contributed by atoms with van der Waals surface area (Å²) < 4.78 is 28.4. The Labute approximate surface area is 125 Å². The molecular formula is C16H18N2O2S. The minimum absolute atomic E-state index is 0.440. The van der Waals surface area contributed by atoms with Crippen LogP contribution >= 0.6 is 0 Å². The van der Waals surface area contributed by atoms with E-state index in [1.807, 2.05) is 36.4 Å². The van der Waals surface area contributed by atoms with Gasteiger partial charge in [0.15, 0.2) is 0 Å². The van der Waals surface area contributed by atoms with Crippen LogP contribution in [0.4, 0.5) is 5.69 Å². The predicted octanol–water partition coefficient (Wildman–Crippen LogP) is 2.43. The summed E-state index contributed by atoms with van der Waals surface area (Å²) in [7, 11) is -1.89. The Morgan fingerprint density at radius 3 is 2.29 bits per heavy atom. The zero-order valence-electron chi connectivity index (χ0n) is 11.9. The molecule has 1 aliphatic rings. The van der Waals surface area contributed by atoms with Gasteiger partial charge in [-0.1, -0.05) is 42.5 Å². The molecule has 21 heavy (non-hydrogen) atoms. The summed E-state index contributed by atoms with van der Waals surface area (Å²) in [4.78, 5) is 0. The maximum absolute atomic E-state index is 12.7. The van der Waals surface area contributed by atoms with Gasteiger partial charge >= 0.3 is 10.2 Å². The first-order valence-corrected chi connectivity index (χ1v) is 8.34. The van der Waals surface area contributed by atoms with Gasteiger partial charge in [0.05, 0.1) is 5.69 Å². The first-order chi connectivity index (χ1) is 10.1. The topological polar surface area (TPSA) is 40.6 Å². The molecule has 0 N–H and O–H groups in total. The summed E-state index contributed by atoms with van der Waals surface area (Å²) in [5.74, 6) is 0. The van der Waals surface area contributed by atoms with Gasteiger partial charge in [0.1, 0.15) is 0 Å². The molecule has 4 nitrogen and oxygen atoms in total. The maximum atomic E-state index is 12.7. The standard InChI is InChI=1S/C16H18N2O2S/c1-17(16-9-3-2-4-10-16)21(19,20)18-12-11-14-7-5-6-8-15(14)13-18/h2-10H,11-13H2,1H3. The first-order valence-electron chi connectivity index (χ1n) is 6.95. The average Bonchev–Trinajstić information content (AvgIpc) is 2.54. The van der Waals surface area contributed by atoms with E-state index >= 15 is 0 Å². The van der Waals surface area contributed by atoms with Crippen molar-refractivity contribution in [2.75, 3.05) is 17.9 Å². The van der Waals surface area contributed by atoms with Crippen molar-refractivity contribution in [3.05, 3.63) is 65.7 Å². The third-order valence-corrected chi connectivity index (χ3v) is 5.76. The van der Waals surface area contributed by atoms with E-state index < -0.39 is 10.2 Å². The van der Waals surface area contributed by atoms with Crippen molar-refractivity contribution in [3.8, 4) is 0 Å². The summed E-state index contributed by atoms with van der Waals surface area (Å²) >= 11 is 0. The Morgan fingerprint density at radius 2 is 1.57 bits per heavy atom. The van der Waals surface area contributed by atoms with E-state index in [4.69, 9.17) is 0 Å². The Hall–Kier alpha value is -1.85. The fourth-order valence-electron chi connectivity index (χ4n) is 2.61. The third-order valence-electron chi connectivity index (χ3n) is 3.89. The maximum Gasteiger partial charge on any atom is 0.304 e. The zero-order valence-corrected chi connectivity index (χ0v) is 12.8. The summed E-state index contributed by atoms with van der Waals surface area (Å²) in [6.07, 6.45) is 0.762. The van der Waals surface area contributed by atoms with Crippen molar-refractivity contribution < 1.29 is 8.42 Å². The molecule has 1 heterocycles.